The maximum absolute atomic E-state index is 13.1. The number of rotatable bonds is 1. The Balaban J connectivity index is 2.33. The SMILES string of the molecule is Fc1ccc(C2CC2Br)c(F)c1. The molecule has 0 bridgehead atoms. The van der Waals surface area contributed by atoms with Gasteiger partial charge in [0.25, 0.3) is 0 Å². The van der Waals surface area contributed by atoms with Crippen LogP contribution in [0.25, 0.3) is 0 Å². The second kappa shape index (κ2) is 2.80. The van der Waals surface area contributed by atoms with Crippen molar-refractivity contribution in [1.82, 2.24) is 0 Å². The van der Waals surface area contributed by atoms with E-state index in [1.54, 1.807) is 0 Å². The van der Waals surface area contributed by atoms with Crippen molar-refractivity contribution in [3.8, 4) is 0 Å². The molecule has 2 unspecified atom stereocenters. The summed E-state index contributed by atoms with van der Waals surface area (Å²) in [5, 5.41) is 0. The summed E-state index contributed by atoms with van der Waals surface area (Å²) in [7, 11) is 0. The fourth-order valence-electron chi connectivity index (χ4n) is 1.29. The minimum Gasteiger partial charge on any atom is -0.207 e. The van der Waals surface area contributed by atoms with Gasteiger partial charge in [0, 0.05) is 16.8 Å². The monoisotopic (exact) mass is 232 g/mol. The minimum atomic E-state index is -0.511. The first-order valence-electron chi connectivity index (χ1n) is 3.77. The average molecular weight is 233 g/mol. The molecule has 1 aromatic carbocycles. The maximum Gasteiger partial charge on any atom is 0.129 e. The highest BCUT2D eigenvalue weighted by atomic mass is 79.9. The molecule has 0 nitrogen and oxygen atoms in total. The molecule has 12 heavy (non-hydrogen) atoms. The number of halogens is 3. The lowest BCUT2D eigenvalue weighted by molar-refractivity contribution is 0.573. The lowest BCUT2D eigenvalue weighted by Crippen LogP contribution is -1.89. The Kier molecular flexibility index (Phi) is 1.91. The van der Waals surface area contributed by atoms with Crippen molar-refractivity contribution in [2.75, 3.05) is 0 Å². The van der Waals surface area contributed by atoms with Crippen molar-refractivity contribution in [2.24, 2.45) is 0 Å². The van der Waals surface area contributed by atoms with E-state index >= 15 is 0 Å². The lowest BCUT2D eigenvalue weighted by atomic mass is 10.1. The Labute approximate surface area is 77.7 Å². The summed E-state index contributed by atoms with van der Waals surface area (Å²) in [5.41, 5.74) is 0.623. The highest BCUT2D eigenvalue weighted by Crippen LogP contribution is 2.47. The summed E-state index contributed by atoms with van der Waals surface area (Å²) in [6.45, 7) is 0. The predicted molar refractivity (Wildman–Crippen MR) is 46.4 cm³/mol. The molecule has 0 spiro atoms. The molecule has 0 amide bonds. The molecule has 0 saturated heterocycles. The van der Waals surface area contributed by atoms with Crippen molar-refractivity contribution in [2.45, 2.75) is 17.2 Å². The predicted octanol–water partition coefficient (Wildman–Crippen LogP) is 3.22. The van der Waals surface area contributed by atoms with Crippen molar-refractivity contribution >= 4 is 15.9 Å². The number of hydrogen-bond donors (Lipinski definition) is 0. The zero-order valence-electron chi connectivity index (χ0n) is 6.23. The summed E-state index contributed by atoms with van der Waals surface area (Å²) < 4.78 is 25.5. The van der Waals surface area contributed by atoms with E-state index < -0.39 is 11.6 Å². The molecule has 1 aliphatic rings. The van der Waals surface area contributed by atoms with Crippen molar-refractivity contribution < 1.29 is 8.78 Å². The topological polar surface area (TPSA) is 0 Å². The fraction of sp³-hybridized carbons (Fsp3) is 0.333. The van der Waals surface area contributed by atoms with Gasteiger partial charge in [-0.3, -0.25) is 0 Å². The Morgan fingerprint density at radius 2 is 2.00 bits per heavy atom. The average Bonchev–Trinajstić information content (AvgIpc) is 2.66. The first-order chi connectivity index (χ1) is 5.68. The Morgan fingerprint density at radius 3 is 2.50 bits per heavy atom. The van der Waals surface area contributed by atoms with Gasteiger partial charge in [-0.2, -0.15) is 0 Å². The smallest absolute Gasteiger partial charge is 0.129 e. The van der Waals surface area contributed by atoms with E-state index in [0.29, 0.717) is 10.4 Å². The minimum absolute atomic E-state index is 0.241. The van der Waals surface area contributed by atoms with E-state index in [9.17, 15) is 8.78 Å². The van der Waals surface area contributed by atoms with Crippen molar-refractivity contribution in [1.29, 1.82) is 0 Å². The standard InChI is InChI=1S/C9H7BrF2/c10-8-4-7(8)6-2-1-5(11)3-9(6)12/h1-3,7-8H,4H2. The third kappa shape index (κ3) is 1.38. The molecule has 0 heterocycles. The Bertz CT molecular complexity index is 311. The van der Waals surface area contributed by atoms with E-state index in [4.69, 9.17) is 0 Å². The van der Waals surface area contributed by atoms with Crippen LogP contribution in [0.5, 0.6) is 0 Å². The highest BCUT2D eigenvalue weighted by molar-refractivity contribution is 9.09. The zero-order chi connectivity index (χ0) is 8.72. The van der Waals surface area contributed by atoms with Crippen molar-refractivity contribution in [3.63, 3.8) is 0 Å². The summed E-state index contributed by atoms with van der Waals surface area (Å²) >= 11 is 3.38. The molecule has 0 N–H and O–H groups in total. The van der Waals surface area contributed by atoms with Gasteiger partial charge < -0.3 is 0 Å². The number of alkyl halides is 1. The van der Waals surface area contributed by atoms with E-state index in [2.05, 4.69) is 15.9 Å². The molecule has 2 rings (SSSR count). The molecule has 64 valence electrons. The highest BCUT2D eigenvalue weighted by Gasteiger charge is 2.37. The molecular formula is C9H7BrF2. The molecule has 1 aliphatic carbocycles. The van der Waals surface area contributed by atoms with Gasteiger partial charge in [0.2, 0.25) is 0 Å². The van der Waals surface area contributed by atoms with Gasteiger partial charge in [0.05, 0.1) is 0 Å². The molecule has 0 aliphatic heterocycles. The van der Waals surface area contributed by atoms with Crippen LogP contribution in [0.3, 0.4) is 0 Å². The summed E-state index contributed by atoms with van der Waals surface area (Å²) in [6.07, 6.45) is 0.947. The van der Waals surface area contributed by atoms with Crippen LogP contribution in [0.15, 0.2) is 18.2 Å². The van der Waals surface area contributed by atoms with Crippen LogP contribution < -0.4 is 0 Å². The maximum atomic E-state index is 13.1. The first-order valence-corrected chi connectivity index (χ1v) is 4.69. The number of hydrogen-bond acceptors (Lipinski definition) is 0. The molecule has 0 radical (unpaired) electrons. The third-order valence-corrected chi connectivity index (χ3v) is 3.09. The molecule has 0 aromatic heterocycles. The quantitative estimate of drug-likeness (QED) is 0.653. The summed E-state index contributed by atoms with van der Waals surface area (Å²) in [5.74, 6) is -0.699. The largest absolute Gasteiger partial charge is 0.207 e. The van der Waals surface area contributed by atoms with Gasteiger partial charge in [-0.1, -0.05) is 22.0 Å². The van der Waals surface area contributed by atoms with E-state index in [1.165, 1.54) is 12.1 Å². The van der Waals surface area contributed by atoms with Crippen LogP contribution in [-0.2, 0) is 0 Å². The fourth-order valence-corrected chi connectivity index (χ4v) is 1.98. The van der Waals surface area contributed by atoms with Crippen molar-refractivity contribution in [3.05, 3.63) is 35.4 Å². The summed E-state index contributed by atoms with van der Waals surface area (Å²) in [6, 6.07) is 3.76. The van der Waals surface area contributed by atoms with Gasteiger partial charge in [-0.25, -0.2) is 8.78 Å². The van der Waals surface area contributed by atoms with Crippen LogP contribution in [-0.4, -0.2) is 4.83 Å². The number of benzene rings is 1. The van der Waals surface area contributed by atoms with Gasteiger partial charge >= 0.3 is 0 Å². The van der Waals surface area contributed by atoms with Gasteiger partial charge in [0.15, 0.2) is 0 Å². The van der Waals surface area contributed by atoms with Gasteiger partial charge in [0.1, 0.15) is 11.6 Å². The third-order valence-electron chi connectivity index (χ3n) is 2.07. The second-order valence-electron chi connectivity index (χ2n) is 3.02. The molecule has 1 fully saturated rings. The molecule has 1 aromatic rings. The van der Waals surface area contributed by atoms with Crippen LogP contribution in [0, 0.1) is 11.6 Å². The van der Waals surface area contributed by atoms with Crippen LogP contribution in [0.1, 0.15) is 17.9 Å². The normalized spacial score (nSPS) is 27.2. The summed E-state index contributed by atoms with van der Waals surface area (Å²) in [4.78, 5) is 0.373. The second-order valence-corrected chi connectivity index (χ2v) is 4.20. The molecule has 2 atom stereocenters. The molecule has 3 heteroatoms. The van der Waals surface area contributed by atoms with Crippen LogP contribution in [0.2, 0.25) is 0 Å². The van der Waals surface area contributed by atoms with E-state index in [1.807, 2.05) is 0 Å². The zero-order valence-corrected chi connectivity index (χ0v) is 7.81. The Hall–Kier alpha value is -0.440. The van der Waals surface area contributed by atoms with Gasteiger partial charge in [-0.05, 0) is 18.1 Å². The van der Waals surface area contributed by atoms with Crippen LogP contribution in [0.4, 0.5) is 8.78 Å². The molecule has 1 saturated carbocycles. The molecular weight excluding hydrogens is 226 g/mol. The first kappa shape index (κ1) is 8.17. The van der Waals surface area contributed by atoms with Crippen LogP contribution >= 0.6 is 15.9 Å². The van der Waals surface area contributed by atoms with E-state index in [0.717, 1.165) is 12.5 Å². The van der Waals surface area contributed by atoms with E-state index in [-0.39, 0.29) is 5.92 Å². The lowest BCUT2D eigenvalue weighted by Gasteiger charge is -1.99. The Morgan fingerprint density at radius 1 is 1.33 bits per heavy atom. The van der Waals surface area contributed by atoms with Gasteiger partial charge in [-0.15, -0.1) is 0 Å².